The molecule has 0 aromatic carbocycles. The largest absolute Gasteiger partial charge is 0.466 e. The van der Waals surface area contributed by atoms with Crippen LogP contribution in [0.5, 0.6) is 0 Å². The van der Waals surface area contributed by atoms with Crippen LogP contribution in [0.2, 0.25) is 0 Å². The monoisotopic (exact) mass is 199 g/mol. The average Bonchev–Trinajstić information content (AvgIpc) is 2.95. The highest BCUT2D eigenvalue weighted by Crippen LogP contribution is 2.32. The molecule has 0 aliphatic heterocycles. The van der Waals surface area contributed by atoms with Crippen molar-refractivity contribution in [3.8, 4) is 0 Å². The van der Waals surface area contributed by atoms with Gasteiger partial charge in [-0.1, -0.05) is 0 Å². The minimum Gasteiger partial charge on any atom is -0.466 e. The summed E-state index contributed by atoms with van der Waals surface area (Å²) in [5.74, 6) is 0.811. The number of carbonyl (C=O) groups is 1. The molecule has 1 atom stereocenters. The normalized spacial score (nSPS) is 17.9. The molecule has 0 bridgehead atoms. The highest BCUT2D eigenvalue weighted by molar-refractivity contribution is 5.69. The van der Waals surface area contributed by atoms with Gasteiger partial charge in [-0.3, -0.25) is 4.79 Å². The molecule has 14 heavy (non-hydrogen) atoms. The highest BCUT2D eigenvalue weighted by Gasteiger charge is 2.27. The summed E-state index contributed by atoms with van der Waals surface area (Å²) in [5, 5.41) is 3.43. The Balaban J connectivity index is 1.90. The fraction of sp³-hybridized carbons (Fsp3) is 0.909. The van der Waals surface area contributed by atoms with Crippen LogP contribution in [0.25, 0.3) is 0 Å². The van der Waals surface area contributed by atoms with E-state index in [9.17, 15) is 4.79 Å². The third-order valence-electron chi connectivity index (χ3n) is 2.66. The molecular formula is C11H21NO2. The van der Waals surface area contributed by atoms with Crippen molar-refractivity contribution in [2.45, 2.75) is 45.6 Å². The van der Waals surface area contributed by atoms with Crippen LogP contribution in [0.4, 0.5) is 0 Å². The summed E-state index contributed by atoms with van der Waals surface area (Å²) in [6.07, 6.45) is 4.16. The van der Waals surface area contributed by atoms with Crippen LogP contribution in [0.3, 0.4) is 0 Å². The molecule has 0 radical (unpaired) electrons. The molecule has 1 aliphatic carbocycles. The van der Waals surface area contributed by atoms with Gasteiger partial charge in [0.2, 0.25) is 0 Å². The highest BCUT2D eigenvalue weighted by atomic mass is 16.5. The van der Waals surface area contributed by atoms with Gasteiger partial charge in [0, 0.05) is 12.5 Å². The van der Waals surface area contributed by atoms with E-state index in [1.54, 1.807) is 0 Å². The van der Waals surface area contributed by atoms with Gasteiger partial charge in [0.05, 0.1) is 6.61 Å². The summed E-state index contributed by atoms with van der Waals surface area (Å²) < 4.78 is 4.84. The number of carbonyl (C=O) groups excluding carboxylic acids is 1. The Bertz CT molecular complexity index is 178. The van der Waals surface area contributed by atoms with E-state index in [0.29, 0.717) is 19.1 Å². The molecule has 1 saturated carbocycles. The second-order valence-corrected chi connectivity index (χ2v) is 3.99. The Morgan fingerprint density at radius 3 is 2.86 bits per heavy atom. The number of hydrogen-bond donors (Lipinski definition) is 1. The molecule has 0 saturated heterocycles. The summed E-state index contributed by atoms with van der Waals surface area (Å²) in [6, 6.07) is 0.622. The average molecular weight is 199 g/mol. The van der Waals surface area contributed by atoms with Crippen molar-refractivity contribution in [3.05, 3.63) is 0 Å². The van der Waals surface area contributed by atoms with Crippen LogP contribution in [-0.4, -0.2) is 25.2 Å². The Morgan fingerprint density at radius 1 is 1.57 bits per heavy atom. The van der Waals surface area contributed by atoms with Gasteiger partial charge in [-0.2, -0.15) is 0 Å². The van der Waals surface area contributed by atoms with E-state index in [1.165, 1.54) is 12.8 Å². The van der Waals surface area contributed by atoms with Crippen LogP contribution in [0.15, 0.2) is 0 Å². The van der Waals surface area contributed by atoms with E-state index in [-0.39, 0.29) is 5.97 Å². The molecule has 1 rings (SSSR count). The van der Waals surface area contributed by atoms with Crippen molar-refractivity contribution < 1.29 is 9.53 Å². The number of hydrogen-bond acceptors (Lipinski definition) is 3. The fourth-order valence-electron chi connectivity index (χ4n) is 1.56. The number of esters is 1. The van der Waals surface area contributed by atoms with Crippen LogP contribution < -0.4 is 5.32 Å². The van der Waals surface area contributed by atoms with Crippen LogP contribution in [-0.2, 0) is 9.53 Å². The van der Waals surface area contributed by atoms with Crippen LogP contribution in [0.1, 0.15) is 39.5 Å². The summed E-state index contributed by atoms with van der Waals surface area (Å²) >= 11 is 0. The van der Waals surface area contributed by atoms with E-state index in [4.69, 9.17) is 4.74 Å². The maximum Gasteiger partial charge on any atom is 0.305 e. The van der Waals surface area contributed by atoms with Crippen molar-refractivity contribution in [1.82, 2.24) is 5.32 Å². The minimum absolute atomic E-state index is 0.0756. The molecule has 1 N–H and O–H groups in total. The summed E-state index contributed by atoms with van der Waals surface area (Å²) in [4.78, 5) is 11.0. The van der Waals surface area contributed by atoms with Gasteiger partial charge in [-0.15, -0.1) is 0 Å². The first kappa shape index (κ1) is 11.5. The lowest BCUT2D eigenvalue weighted by Gasteiger charge is -2.11. The van der Waals surface area contributed by atoms with Gasteiger partial charge >= 0.3 is 5.97 Å². The van der Waals surface area contributed by atoms with Crippen LogP contribution >= 0.6 is 0 Å². The molecule has 0 spiro atoms. The van der Waals surface area contributed by atoms with Crippen molar-refractivity contribution >= 4 is 5.97 Å². The van der Waals surface area contributed by atoms with Crippen molar-refractivity contribution in [3.63, 3.8) is 0 Å². The second-order valence-electron chi connectivity index (χ2n) is 3.99. The second kappa shape index (κ2) is 6.02. The summed E-state index contributed by atoms with van der Waals surface area (Å²) in [6.45, 7) is 5.48. The zero-order valence-electron chi connectivity index (χ0n) is 9.21. The molecule has 0 heterocycles. The Hall–Kier alpha value is -0.570. The van der Waals surface area contributed by atoms with Gasteiger partial charge in [-0.25, -0.2) is 0 Å². The molecule has 1 unspecified atom stereocenters. The first-order valence-electron chi connectivity index (χ1n) is 5.63. The first-order chi connectivity index (χ1) is 6.74. The molecule has 0 aromatic rings. The smallest absolute Gasteiger partial charge is 0.305 e. The molecule has 0 amide bonds. The number of ether oxygens (including phenoxy) is 1. The Morgan fingerprint density at radius 2 is 2.29 bits per heavy atom. The fourth-order valence-corrected chi connectivity index (χ4v) is 1.56. The first-order valence-corrected chi connectivity index (χ1v) is 5.63. The Kier molecular flexibility index (Phi) is 4.94. The molecule has 3 heteroatoms. The topological polar surface area (TPSA) is 38.3 Å². The predicted octanol–water partition coefficient (Wildman–Crippen LogP) is 1.72. The zero-order chi connectivity index (χ0) is 10.4. The molecule has 0 aromatic heterocycles. The minimum atomic E-state index is -0.0756. The van der Waals surface area contributed by atoms with E-state index in [1.807, 2.05) is 6.92 Å². The Labute approximate surface area is 86.2 Å². The molecule has 1 fully saturated rings. The summed E-state index contributed by atoms with van der Waals surface area (Å²) in [7, 11) is 0. The quantitative estimate of drug-likeness (QED) is 0.501. The van der Waals surface area contributed by atoms with Gasteiger partial charge in [-0.05, 0) is 45.6 Å². The molecular weight excluding hydrogens is 178 g/mol. The van der Waals surface area contributed by atoms with E-state index in [0.717, 1.165) is 18.9 Å². The van der Waals surface area contributed by atoms with Crippen LogP contribution in [0, 0.1) is 5.92 Å². The van der Waals surface area contributed by atoms with E-state index in [2.05, 4.69) is 12.2 Å². The predicted molar refractivity (Wildman–Crippen MR) is 56.1 cm³/mol. The lowest BCUT2D eigenvalue weighted by Crippen LogP contribution is -2.29. The molecule has 82 valence electrons. The van der Waals surface area contributed by atoms with Crippen molar-refractivity contribution in [1.29, 1.82) is 0 Å². The van der Waals surface area contributed by atoms with Gasteiger partial charge in [0.15, 0.2) is 0 Å². The lowest BCUT2D eigenvalue weighted by molar-refractivity contribution is -0.143. The number of rotatable bonds is 7. The third kappa shape index (κ3) is 4.61. The lowest BCUT2D eigenvalue weighted by atomic mass is 10.2. The van der Waals surface area contributed by atoms with Crippen molar-refractivity contribution in [2.75, 3.05) is 13.2 Å². The van der Waals surface area contributed by atoms with E-state index >= 15 is 0 Å². The van der Waals surface area contributed by atoms with Crippen molar-refractivity contribution in [2.24, 2.45) is 5.92 Å². The van der Waals surface area contributed by atoms with Gasteiger partial charge < -0.3 is 10.1 Å². The van der Waals surface area contributed by atoms with E-state index < -0.39 is 0 Å². The maximum atomic E-state index is 11.0. The summed E-state index contributed by atoms with van der Waals surface area (Å²) in [5.41, 5.74) is 0. The number of nitrogens with one attached hydrogen (secondary N) is 1. The van der Waals surface area contributed by atoms with Gasteiger partial charge in [0.1, 0.15) is 0 Å². The molecule has 1 aliphatic rings. The maximum absolute atomic E-state index is 11.0. The third-order valence-corrected chi connectivity index (χ3v) is 2.66. The standard InChI is InChI=1S/C11H21NO2/c1-3-14-11(13)5-4-8-12-9(2)10-6-7-10/h9-10,12H,3-8H2,1-2H3. The SMILES string of the molecule is CCOC(=O)CCCNC(C)C1CC1. The zero-order valence-corrected chi connectivity index (χ0v) is 9.21. The van der Waals surface area contributed by atoms with Gasteiger partial charge in [0.25, 0.3) is 0 Å². The molecule has 3 nitrogen and oxygen atoms in total.